The molecule has 0 aliphatic rings. The number of nitrogens with zero attached hydrogens (tertiary/aromatic N) is 1. The molecule has 1 amide bonds. The highest BCUT2D eigenvalue weighted by atomic mass is 16.6. The van der Waals surface area contributed by atoms with Crippen LogP contribution in [0.5, 0.6) is 0 Å². The van der Waals surface area contributed by atoms with Gasteiger partial charge in [0.15, 0.2) is 0 Å². The van der Waals surface area contributed by atoms with Crippen LogP contribution in [0.15, 0.2) is 18.2 Å². The fourth-order valence-corrected chi connectivity index (χ4v) is 2.05. The molecule has 0 saturated carbocycles. The number of nitro benzene ring substituents is 1. The predicted molar refractivity (Wildman–Crippen MR) is 117 cm³/mol. The molecule has 8 nitrogen and oxygen atoms in total. The number of carbonyl (C=O) groups is 2. The standard InChI is InChI=1S/C12H15NO4.C10H21NO2/c1-8-5-6-9(7-10(8)13(15)16)11(14)17-12(2,3)4;1-8(2)6-7-11-9(12)13-10(3,4)5/h5-7H,1-4H3;8H,6-7H2,1-5H3,(H,11,12). The number of alkyl carbamates (subject to hydrolysis) is 1. The van der Waals surface area contributed by atoms with E-state index in [9.17, 15) is 19.7 Å². The lowest BCUT2D eigenvalue weighted by molar-refractivity contribution is -0.385. The van der Waals surface area contributed by atoms with E-state index < -0.39 is 22.1 Å². The molecule has 1 rings (SSSR count). The quantitative estimate of drug-likeness (QED) is 0.384. The Kier molecular flexibility index (Phi) is 10.5. The molecule has 0 aliphatic heterocycles. The monoisotopic (exact) mass is 424 g/mol. The van der Waals surface area contributed by atoms with Crippen LogP contribution in [0.2, 0.25) is 0 Å². The zero-order valence-electron chi connectivity index (χ0n) is 19.6. The van der Waals surface area contributed by atoms with Crippen LogP contribution < -0.4 is 5.32 Å². The summed E-state index contributed by atoms with van der Waals surface area (Å²) in [6, 6.07) is 4.30. The summed E-state index contributed by atoms with van der Waals surface area (Å²) < 4.78 is 10.2. The number of benzene rings is 1. The third kappa shape index (κ3) is 12.7. The second-order valence-corrected chi connectivity index (χ2v) is 9.37. The molecule has 1 N–H and O–H groups in total. The first kappa shape index (κ1) is 27.4. The summed E-state index contributed by atoms with van der Waals surface area (Å²) in [5.74, 6) is 0.0514. The Hall–Kier alpha value is -2.64. The van der Waals surface area contributed by atoms with Crippen LogP contribution in [-0.2, 0) is 9.47 Å². The molecule has 0 radical (unpaired) electrons. The van der Waals surface area contributed by atoms with Crippen molar-refractivity contribution in [1.29, 1.82) is 0 Å². The van der Waals surface area contributed by atoms with Gasteiger partial charge in [-0.1, -0.05) is 19.9 Å². The third-order valence-corrected chi connectivity index (χ3v) is 3.43. The van der Waals surface area contributed by atoms with Gasteiger partial charge in [-0.2, -0.15) is 0 Å². The zero-order valence-corrected chi connectivity index (χ0v) is 19.6. The van der Waals surface area contributed by atoms with Crippen LogP contribution in [0.25, 0.3) is 0 Å². The van der Waals surface area contributed by atoms with Gasteiger partial charge in [-0.15, -0.1) is 0 Å². The summed E-state index contributed by atoms with van der Waals surface area (Å²) in [5.41, 5.74) is -0.383. The Bertz CT molecular complexity index is 730. The minimum absolute atomic E-state index is 0.0756. The Morgan fingerprint density at radius 2 is 1.60 bits per heavy atom. The maximum Gasteiger partial charge on any atom is 0.407 e. The van der Waals surface area contributed by atoms with Gasteiger partial charge in [-0.25, -0.2) is 9.59 Å². The van der Waals surface area contributed by atoms with E-state index in [0.29, 0.717) is 18.0 Å². The Balaban J connectivity index is 0.000000584. The van der Waals surface area contributed by atoms with Gasteiger partial charge in [0.1, 0.15) is 11.2 Å². The van der Waals surface area contributed by atoms with Gasteiger partial charge in [0.25, 0.3) is 5.69 Å². The highest BCUT2D eigenvalue weighted by Gasteiger charge is 2.20. The summed E-state index contributed by atoms with van der Waals surface area (Å²) >= 11 is 0. The largest absolute Gasteiger partial charge is 0.456 e. The molecule has 170 valence electrons. The van der Waals surface area contributed by atoms with Crippen molar-refractivity contribution in [3.05, 3.63) is 39.4 Å². The molecule has 0 saturated heterocycles. The molecule has 1 aromatic carbocycles. The number of nitro groups is 1. The van der Waals surface area contributed by atoms with Crippen LogP contribution in [0, 0.1) is 23.0 Å². The Morgan fingerprint density at radius 1 is 1.07 bits per heavy atom. The average Bonchev–Trinajstić information content (AvgIpc) is 2.51. The first-order valence-corrected chi connectivity index (χ1v) is 9.97. The van der Waals surface area contributed by atoms with Crippen LogP contribution in [0.1, 0.15) is 77.7 Å². The number of amides is 1. The van der Waals surface area contributed by atoms with E-state index in [1.165, 1.54) is 18.2 Å². The molecule has 30 heavy (non-hydrogen) atoms. The van der Waals surface area contributed by atoms with Crippen molar-refractivity contribution in [3.63, 3.8) is 0 Å². The zero-order chi connectivity index (χ0) is 23.7. The second-order valence-electron chi connectivity index (χ2n) is 9.37. The first-order valence-electron chi connectivity index (χ1n) is 9.97. The highest BCUT2D eigenvalue weighted by molar-refractivity contribution is 5.90. The number of hydrogen-bond donors (Lipinski definition) is 1. The number of carbonyl (C=O) groups excluding carboxylic acids is 2. The predicted octanol–water partition coefficient (Wildman–Crippen LogP) is 5.42. The van der Waals surface area contributed by atoms with Gasteiger partial charge in [-0.3, -0.25) is 10.1 Å². The summed E-state index contributed by atoms with van der Waals surface area (Å²) in [5, 5.41) is 13.4. The molecule has 0 aliphatic carbocycles. The summed E-state index contributed by atoms with van der Waals surface area (Å²) in [6.45, 7) is 17.4. The topological polar surface area (TPSA) is 108 Å². The lowest BCUT2D eigenvalue weighted by atomic mass is 10.1. The molecule has 0 unspecified atom stereocenters. The van der Waals surface area contributed by atoms with Gasteiger partial charge >= 0.3 is 12.1 Å². The maximum atomic E-state index is 11.7. The molecule has 0 heterocycles. The van der Waals surface area contributed by atoms with E-state index in [0.717, 1.165) is 6.42 Å². The van der Waals surface area contributed by atoms with Crippen molar-refractivity contribution in [2.24, 2.45) is 5.92 Å². The van der Waals surface area contributed by atoms with E-state index in [4.69, 9.17) is 9.47 Å². The number of rotatable bonds is 5. The highest BCUT2D eigenvalue weighted by Crippen LogP contribution is 2.21. The van der Waals surface area contributed by atoms with Gasteiger partial charge in [0.05, 0.1) is 10.5 Å². The molecular weight excluding hydrogens is 388 g/mol. The number of ether oxygens (including phenoxy) is 2. The average molecular weight is 425 g/mol. The minimum Gasteiger partial charge on any atom is -0.456 e. The van der Waals surface area contributed by atoms with Gasteiger partial charge < -0.3 is 14.8 Å². The van der Waals surface area contributed by atoms with Crippen LogP contribution in [0.4, 0.5) is 10.5 Å². The molecule has 0 spiro atoms. The number of nitrogens with one attached hydrogen (secondary N) is 1. The normalized spacial score (nSPS) is 11.3. The molecule has 0 bridgehead atoms. The van der Waals surface area contributed by atoms with Crippen molar-refractivity contribution in [2.45, 2.75) is 79.9 Å². The molecule has 0 atom stereocenters. The first-order chi connectivity index (χ1) is 13.5. The van der Waals surface area contributed by atoms with E-state index >= 15 is 0 Å². The number of hydrogen-bond acceptors (Lipinski definition) is 6. The lowest BCUT2D eigenvalue weighted by Gasteiger charge is -2.19. The molecule has 1 aromatic rings. The van der Waals surface area contributed by atoms with Crippen LogP contribution >= 0.6 is 0 Å². The summed E-state index contributed by atoms with van der Waals surface area (Å²) in [6.07, 6.45) is 0.660. The third-order valence-electron chi connectivity index (χ3n) is 3.43. The smallest absolute Gasteiger partial charge is 0.407 e. The lowest BCUT2D eigenvalue weighted by Crippen LogP contribution is -2.33. The van der Waals surface area contributed by atoms with Crippen LogP contribution in [-0.4, -0.2) is 34.7 Å². The van der Waals surface area contributed by atoms with Crippen molar-refractivity contribution in [1.82, 2.24) is 5.32 Å². The van der Waals surface area contributed by atoms with Crippen LogP contribution in [0.3, 0.4) is 0 Å². The van der Waals surface area contributed by atoms with Crippen molar-refractivity contribution in [3.8, 4) is 0 Å². The maximum absolute atomic E-state index is 11.7. The van der Waals surface area contributed by atoms with E-state index in [1.54, 1.807) is 27.7 Å². The van der Waals surface area contributed by atoms with Gasteiger partial charge in [0, 0.05) is 18.2 Å². The molecule has 0 aromatic heterocycles. The minimum atomic E-state index is -0.614. The second kappa shape index (κ2) is 11.5. The van der Waals surface area contributed by atoms with Gasteiger partial charge in [-0.05, 0) is 66.9 Å². The fraction of sp³-hybridized carbons (Fsp3) is 0.636. The number of aryl methyl sites for hydroxylation is 1. The Morgan fingerprint density at radius 3 is 2.03 bits per heavy atom. The Labute approximate surface area is 179 Å². The van der Waals surface area contributed by atoms with Crippen molar-refractivity contribution in [2.75, 3.05) is 6.54 Å². The van der Waals surface area contributed by atoms with E-state index in [1.807, 2.05) is 20.8 Å². The summed E-state index contributed by atoms with van der Waals surface area (Å²) in [7, 11) is 0. The summed E-state index contributed by atoms with van der Waals surface area (Å²) in [4.78, 5) is 33.0. The number of esters is 1. The van der Waals surface area contributed by atoms with Gasteiger partial charge in [0.2, 0.25) is 0 Å². The van der Waals surface area contributed by atoms with Crippen molar-refractivity contribution >= 4 is 17.7 Å². The van der Waals surface area contributed by atoms with E-state index in [2.05, 4.69) is 19.2 Å². The molecule has 8 heteroatoms. The molecular formula is C22H36N2O6. The SMILES string of the molecule is CC(C)CCNC(=O)OC(C)(C)C.Cc1ccc(C(=O)OC(C)(C)C)cc1[N+](=O)[O-]. The molecule has 0 fully saturated rings. The van der Waals surface area contributed by atoms with E-state index in [-0.39, 0.29) is 17.3 Å². The van der Waals surface area contributed by atoms with Crippen molar-refractivity contribution < 1.29 is 24.0 Å². The fourth-order valence-electron chi connectivity index (χ4n) is 2.05.